The average molecular weight is 438 g/mol. The van der Waals surface area contributed by atoms with Crippen LogP contribution in [0, 0.1) is 50.7 Å². The van der Waals surface area contributed by atoms with Crippen LogP contribution in [0.3, 0.4) is 0 Å². The van der Waals surface area contributed by atoms with Crippen LogP contribution in [0.25, 0.3) is 23.3 Å². The van der Waals surface area contributed by atoms with Crippen molar-refractivity contribution in [1.29, 1.82) is 26.5 Å². The smallest absolute Gasteiger partial charge is 0.146 e. The van der Waals surface area contributed by atoms with Crippen LogP contribution in [0.15, 0.2) is 52.7 Å². The van der Waals surface area contributed by atoms with E-state index in [0.29, 0.717) is 20.2 Å². The Kier molecular flexibility index (Phi) is 6.36. The Bertz CT molecular complexity index is 1570. The lowest BCUT2D eigenvalue weighted by molar-refractivity contribution is 0.320. The summed E-state index contributed by atoms with van der Waals surface area (Å²) in [6.07, 6.45) is 6.83. The number of hydrogen-bond donors (Lipinski definition) is 2. The Morgan fingerprint density at radius 2 is 1.26 bits per heavy atom. The van der Waals surface area contributed by atoms with Gasteiger partial charge in [-0.1, -0.05) is 17.3 Å². The minimum absolute atomic E-state index is 0.00838. The second-order valence-electron chi connectivity index (χ2n) is 5.96. The zero-order valence-electron chi connectivity index (χ0n) is 15.6. The summed E-state index contributed by atoms with van der Waals surface area (Å²) in [5.41, 5.74) is 1.14. The second-order valence-corrected chi connectivity index (χ2v) is 8.19. The van der Waals surface area contributed by atoms with Crippen molar-refractivity contribution in [2.45, 2.75) is 0 Å². The van der Waals surface area contributed by atoms with E-state index in [1.165, 1.54) is 22.7 Å². The molecular formula is C22H10N6OS2. The van der Waals surface area contributed by atoms with E-state index in [9.17, 15) is 5.21 Å². The van der Waals surface area contributed by atoms with E-state index in [4.69, 9.17) is 26.5 Å². The maximum absolute atomic E-state index is 9.49. The number of nitrogens with zero attached hydrogens (tertiary/aromatic N) is 5. The second kappa shape index (κ2) is 9.31. The first-order chi connectivity index (χ1) is 15.0. The molecule has 0 aliphatic heterocycles. The van der Waals surface area contributed by atoms with E-state index in [-0.39, 0.29) is 22.6 Å². The Balaban J connectivity index is 2.08. The van der Waals surface area contributed by atoms with Crippen molar-refractivity contribution >= 4 is 57.4 Å². The first-order valence-corrected chi connectivity index (χ1v) is 10.2. The van der Waals surface area contributed by atoms with Gasteiger partial charge in [-0.15, -0.1) is 22.7 Å². The van der Waals surface area contributed by atoms with Crippen LogP contribution < -0.4 is 18.1 Å². The molecule has 0 radical (unpaired) electrons. The Morgan fingerprint density at radius 3 is 1.71 bits per heavy atom. The minimum Gasteiger partial charge on any atom is -0.410 e. The van der Waals surface area contributed by atoms with Gasteiger partial charge < -0.3 is 5.21 Å². The summed E-state index contributed by atoms with van der Waals surface area (Å²) in [4.78, 5) is 0. The SMILES string of the molecule is N#CC(C#N)=c1cc/c(=C\C2=CC=C(/C=c3\ccc(=C(C#N)C#N)s3)/C(=N/O)C2=N)s1. The molecule has 2 heterocycles. The summed E-state index contributed by atoms with van der Waals surface area (Å²) >= 11 is 2.49. The van der Waals surface area contributed by atoms with Gasteiger partial charge in [-0.2, -0.15) is 21.0 Å². The summed E-state index contributed by atoms with van der Waals surface area (Å²) in [5.74, 6) is 0. The topological polar surface area (TPSA) is 152 Å². The summed E-state index contributed by atoms with van der Waals surface area (Å²) in [6, 6.07) is 14.2. The van der Waals surface area contributed by atoms with Gasteiger partial charge in [0.2, 0.25) is 0 Å². The first kappa shape index (κ1) is 21.2. The molecule has 0 bridgehead atoms. The largest absolute Gasteiger partial charge is 0.410 e. The van der Waals surface area contributed by atoms with Crippen molar-refractivity contribution in [1.82, 2.24) is 0 Å². The monoisotopic (exact) mass is 438 g/mol. The maximum Gasteiger partial charge on any atom is 0.146 e. The zero-order chi connectivity index (χ0) is 22.4. The highest BCUT2D eigenvalue weighted by molar-refractivity contribution is 7.08. The van der Waals surface area contributed by atoms with Gasteiger partial charge in [0.1, 0.15) is 41.1 Å². The Morgan fingerprint density at radius 1 is 0.806 bits per heavy atom. The van der Waals surface area contributed by atoms with Gasteiger partial charge in [-0.25, -0.2) is 0 Å². The molecule has 2 aromatic heterocycles. The van der Waals surface area contributed by atoms with Crippen molar-refractivity contribution in [2.75, 3.05) is 0 Å². The molecule has 9 heteroatoms. The molecule has 0 saturated carbocycles. The fourth-order valence-electron chi connectivity index (χ4n) is 2.67. The third-order valence-electron chi connectivity index (χ3n) is 4.13. The van der Waals surface area contributed by atoms with Crippen LogP contribution in [0.2, 0.25) is 0 Å². The lowest BCUT2D eigenvalue weighted by Gasteiger charge is -2.12. The van der Waals surface area contributed by atoms with E-state index >= 15 is 0 Å². The van der Waals surface area contributed by atoms with Crippen LogP contribution >= 0.6 is 22.7 Å². The fourth-order valence-corrected chi connectivity index (χ4v) is 4.48. The summed E-state index contributed by atoms with van der Waals surface area (Å²) in [7, 11) is 0. The van der Waals surface area contributed by atoms with E-state index < -0.39 is 0 Å². The Labute approximate surface area is 184 Å². The molecule has 7 nitrogen and oxygen atoms in total. The molecule has 0 saturated heterocycles. The molecule has 0 fully saturated rings. The van der Waals surface area contributed by atoms with Crippen molar-refractivity contribution < 1.29 is 5.21 Å². The number of nitrogens with one attached hydrogen (secondary N) is 1. The molecule has 0 spiro atoms. The standard InChI is InChI=1S/C22H10N6OS2/c23-9-15(10-24)19-5-3-17(30-19)7-13-1-2-14(22(28-29)21(13)27)8-18-4-6-20(31-18)16(11-25)12-26/h1-8,27,29H/b17-7+,18-8+,27-21?,28-22-. The molecule has 0 unspecified atom stereocenters. The number of nitriles is 4. The molecule has 2 aromatic rings. The van der Waals surface area contributed by atoms with E-state index in [2.05, 4.69) is 5.16 Å². The van der Waals surface area contributed by atoms with E-state index in [0.717, 1.165) is 9.06 Å². The third-order valence-corrected chi connectivity index (χ3v) is 6.23. The molecular weight excluding hydrogens is 428 g/mol. The van der Waals surface area contributed by atoms with Gasteiger partial charge in [0, 0.05) is 20.2 Å². The molecule has 3 rings (SSSR count). The number of thiophene rings is 2. The number of oxime groups is 1. The molecule has 1 aliphatic rings. The average Bonchev–Trinajstić information content (AvgIpc) is 3.42. The van der Waals surface area contributed by atoms with E-state index in [1.807, 2.05) is 24.3 Å². The first-order valence-electron chi connectivity index (χ1n) is 8.52. The van der Waals surface area contributed by atoms with Crippen LogP contribution in [-0.4, -0.2) is 16.6 Å². The third kappa shape index (κ3) is 4.40. The van der Waals surface area contributed by atoms with Gasteiger partial charge >= 0.3 is 0 Å². The van der Waals surface area contributed by atoms with Gasteiger partial charge in [0.15, 0.2) is 0 Å². The highest BCUT2D eigenvalue weighted by Gasteiger charge is 2.18. The van der Waals surface area contributed by atoms with Crippen LogP contribution in [0.5, 0.6) is 0 Å². The van der Waals surface area contributed by atoms with Crippen LogP contribution in [0.1, 0.15) is 0 Å². The van der Waals surface area contributed by atoms with E-state index in [1.54, 1.807) is 48.6 Å². The fraction of sp³-hybridized carbons (Fsp3) is 0. The van der Waals surface area contributed by atoms with Crippen molar-refractivity contribution in [3.63, 3.8) is 0 Å². The normalized spacial score (nSPS) is 15.4. The van der Waals surface area contributed by atoms with Crippen molar-refractivity contribution in [3.8, 4) is 24.3 Å². The Hall–Kier alpha value is -4.54. The lowest BCUT2D eigenvalue weighted by Crippen LogP contribution is -2.21. The van der Waals surface area contributed by atoms with Gasteiger partial charge in [-0.3, -0.25) is 5.41 Å². The summed E-state index contributed by atoms with van der Waals surface area (Å²) in [5, 5.41) is 57.1. The number of hydrogen-bond acceptors (Lipinski definition) is 9. The number of rotatable bonds is 2. The quantitative estimate of drug-likeness (QED) is 0.410. The van der Waals surface area contributed by atoms with Gasteiger partial charge in [0.25, 0.3) is 0 Å². The van der Waals surface area contributed by atoms with Gasteiger partial charge in [-0.05, 0) is 36.4 Å². The van der Waals surface area contributed by atoms with Crippen molar-refractivity contribution in [3.05, 3.63) is 65.7 Å². The highest BCUT2D eigenvalue weighted by atomic mass is 32.1. The van der Waals surface area contributed by atoms with Crippen molar-refractivity contribution in [2.24, 2.45) is 5.16 Å². The summed E-state index contributed by atoms with van der Waals surface area (Å²) < 4.78 is 2.55. The van der Waals surface area contributed by atoms with Crippen LogP contribution in [-0.2, 0) is 0 Å². The predicted octanol–water partition coefficient (Wildman–Crippen LogP) is 1.18. The molecule has 146 valence electrons. The number of allylic oxidation sites excluding steroid dienone is 4. The molecule has 0 aromatic carbocycles. The van der Waals surface area contributed by atoms with Crippen LogP contribution in [0.4, 0.5) is 0 Å². The highest BCUT2D eigenvalue weighted by Crippen LogP contribution is 2.16. The minimum atomic E-state index is 0.00838. The predicted molar refractivity (Wildman–Crippen MR) is 118 cm³/mol. The molecule has 1 aliphatic carbocycles. The molecule has 0 amide bonds. The maximum atomic E-state index is 9.49. The summed E-state index contributed by atoms with van der Waals surface area (Å²) in [6.45, 7) is 0. The van der Waals surface area contributed by atoms with Gasteiger partial charge in [0.05, 0.1) is 14.8 Å². The molecule has 2 N–H and O–H groups in total. The molecule has 31 heavy (non-hydrogen) atoms. The molecule has 0 atom stereocenters. The lowest BCUT2D eigenvalue weighted by atomic mass is 9.93. The zero-order valence-corrected chi connectivity index (χ0v) is 17.3.